The first-order valence-electron chi connectivity index (χ1n) is 8.71. The summed E-state index contributed by atoms with van der Waals surface area (Å²) in [6, 6.07) is 3.24. The first-order valence-corrected chi connectivity index (χ1v) is 8.71. The minimum absolute atomic E-state index is 0.307. The lowest BCUT2D eigenvalue weighted by Gasteiger charge is -2.23. The van der Waals surface area contributed by atoms with Gasteiger partial charge in [0.1, 0.15) is 5.41 Å². The number of ether oxygens (including phenoxy) is 3. The number of anilines is 1. The molecule has 1 rings (SSSR count). The molecule has 0 aliphatic heterocycles. The Kier molecular flexibility index (Phi) is 8.22. The normalized spacial score (nSPS) is 10.8. The Morgan fingerprint density at radius 1 is 0.962 bits per heavy atom. The maximum Gasteiger partial charge on any atom is 0.239 e. The van der Waals surface area contributed by atoms with E-state index in [0.717, 1.165) is 19.3 Å². The van der Waals surface area contributed by atoms with Gasteiger partial charge < -0.3 is 24.8 Å². The molecule has 0 aromatic heterocycles. The number of hydrogen-bond donors (Lipinski definition) is 2. The molecule has 2 amide bonds. The SMILES string of the molecule is CCCCCNC(=O)C(C)(C)C(=O)Nc1cc(OC)c(OC)c(OC)c1. The third kappa shape index (κ3) is 5.28. The molecule has 146 valence electrons. The van der Waals surface area contributed by atoms with Gasteiger partial charge in [-0.3, -0.25) is 9.59 Å². The van der Waals surface area contributed by atoms with Crippen LogP contribution in [0.4, 0.5) is 5.69 Å². The zero-order valence-electron chi connectivity index (χ0n) is 16.5. The molecule has 0 saturated carbocycles. The Morgan fingerprint density at radius 2 is 1.54 bits per heavy atom. The van der Waals surface area contributed by atoms with Crippen LogP contribution in [-0.4, -0.2) is 39.7 Å². The van der Waals surface area contributed by atoms with Gasteiger partial charge in [-0.15, -0.1) is 0 Å². The molecule has 0 aliphatic rings. The van der Waals surface area contributed by atoms with Crippen molar-refractivity contribution in [3.8, 4) is 17.2 Å². The molecule has 0 fully saturated rings. The third-order valence-electron chi connectivity index (χ3n) is 4.12. The van der Waals surface area contributed by atoms with E-state index in [0.29, 0.717) is 29.5 Å². The summed E-state index contributed by atoms with van der Waals surface area (Å²) in [5.41, 5.74) is -0.761. The van der Waals surface area contributed by atoms with E-state index >= 15 is 0 Å². The highest BCUT2D eigenvalue weighted by Crippen LogP contribution is 2.40. The van der Waals surface area contributed by atoms with E-state index in [2.05, 4.69) is 17.6 Å². The van der Waals surface area contributed by atoms with E-state index in [1.807, 2.05) is 0 Å². The zero-order valence-corrected chi connectivity index (χ0v) is 16.5. The molecule has 0 heterocycles. The summed E-state index contributed by atoms with van der Waals surface area (Å²) in [5, 5.41) is 5.57. The fourth-order valence-electron chi connectivity index (χ4n) is 2.34. The van der Waals surface area contributed by atoms with Gasteiger partial charge in [0.25, 0.3) is 0 Å². The molecule has 2 N–H and O–H groups in total. The second-order valence-electron chi connectivity index (χ2n) is 6.46. The van der Waals surface area contributed by atoms with Gasteiger partial charge in [0.2, 0.25) is 17.6 Å². The standard InChI is InChI=1S/C19H30N2O5/c1-7-8-9-10-20-17(22)19(2,3)18(23)21-13-11-14(24-4)16(26-6)15(12-13)25-5/h11-12H,7-10H2,1-6H3,(H,20,22)(H,21,23). The van der Waals surface area contributed by atoms with Crippen molar-refractivity contribution in [3.63, 3.8) is 0 Å². The number of benzene rings is 1. The lowest BCUT2D eigenvalue weighted by Crippen LogP contribution is -2.45. The number of rotatable bonds is 10. The van der Waals surface area contributed by atoms with Crippen molar-refractivity contribution >= 4 is 17.5 Å². The van der Waals surface area contributed by atoms with Crippen molar-refractivity contribution in [2.75, 3.05) is 33.2 Å². The number of nitrogens with one attached hydrogen (secondary N) is 2. The van der Waals surface area contributed by atoms with E-state index in [4.69, 9.17) is 14.2 Å². The quantitative estimate of drug-likeness (QED) is 0.491. The van der Waals surface area contributed by atoms with Crippen molar-refractivity contribution in [1.29, 1.82) is 0 Å². The van der Waals surface area contributed by atoms with Crippen LogP contribution in [0.2, 0.25) is 0 Å². The van der Waals surface area contributed by atoms with Crippen LogP contribution in [0.5, 0.6) is 17.2 Å². The van der Waals surface area contributed by atoms with Crippen molar-refractivity contribution in [1.82, 2.24) is 5.32 Å². The largest absolute Gasteiger partial charge is 0.493 e. The summed E-state index contributed by atoms with van der Waals surface area (Å²) in [6.45, 7) is 5.84. The van der Waals surface area contributed by atoms with E-state index in [1.54, 1.807) is 26.0 Å². The number of unbranched alkanes of at least 4 members (excludes halogenated alkanes) is 2. The zero-order chi connectivity index (χ0) is 19.7. The summed E-state index contributed by atoms with van der Waals surface area (Å²) >= 11 is 0. The van der Waals surface area contributed by atoms with Gasteiger partial charge in [-0.2, -0.15) is 0 Å². The fourth-order valence-corrected chi connectivity index (χ4v) is 2.34. The maximum absolute atomic E-state index is 12.6. The molecule has 1 aromatic rings. The highest BCUT2D eigenvalue weighted by atomic mass is 16.5. The van der Waals surface area contributed by atoms with Crippen LogP contribution < -0.4 is 24.8 Å². The summed E-state index contributed by atoms with van der Waals surface area (Å²) in [7, 11) is 4.50. The molecule has 0 bridgehead atoms. The van der Waals surface area contributed by atoms with Crippen LogP contribution in [0.3, 0.4) is 0 Å². The molecule has 0 unspecified atom stereocenters. The van der Waals surface area contributed by atoms with Gasteiger partial charge in [-0.1, -0.05) is 19.8 Å². The van der Waals surface area contributed by atoms with Crippen LogP contribution in [0.1, 0.15) is 40.0 Å². The average molecular weight is 366 g/mol. The van der Waals surface area contributed by atoms with E-state index in [9.17, 15) is 9.59 Å². The number of amides is 2. The minimum Gasteiger partial charge on any atom is -0.493 e. The van der Waals surface area contributed by atoms with Crippen LogP contribution in [0.25, 0.3) is 0 Å². The van der Waals surface area contributed by atoms with Gasteiger partial charge in [-0.25, -0.2) is 0 Å². The van der Waals surface area contributed by atoms with E-state index in [1.165, 1.54) is 21.3 Å². The summed E-state index contributed by atoms with van der Waals surface area (Å²) in [6.07, 6.45) is 3.01. The molecule has 0 aliphatic carbocycles. The number of methoxy groups -OCH3 is 3. The molecule has 0 spiro atoms. The molecule has 7 heteroatoms. The van der Waals surface area contributed by atoms with Crippen LogP contribution in [0, 0.1) is 5.41 Å². The van der Waals surface area contributed by atoms with E-state index in [-0.39, 0.29) is 5.91 Å². The Morgan fingerprint density at radius 3 is 2.00 bits per heavy atom. The van der Waals surface area contributed by atoms with Gasteiger partial charge in [0.05, 0.1) is 21.3 Å². The van der Waals surface area contributed by atoms with E-state index < -0.39 is 11.3 Å². The first-order chi connectivity index (χ1) is 12.3. The van der Waals surface area contributed by atoms with Gasteiger partial charge >= 0.3 is 0 Å². The summed E-state index contributed by atoms with van der Waals surface area (Å²) < 4.78 is 15.8. The average Bonchev–Trinajstić information content (AvgIpc) is 2.63. The Balaban J connectivity index is 2.89. The molecule has 7 nitrogen and oxygen atoms in total. The minimum atomic E-state index is -1.22. The molecular weight excluding hydrogens is 336 g/mol. The number of hydrogen-bond acceptors (Lipinski definition) is 5. The molecule has 0 saturated heterocycles. The Bertz CT molecular complexity index is 603. The molecule has 0 radical (unpaired) electrons. The summed E-state index contributed by atoms with van der Waals surface area (Å²) in [5.74, 6) is 0.548. The second kappa shape index (κ2) is 9.89. The van der Waals surface area contributed by atoms with Crippen molar-refractivity contribution in [3.05, 3.63) is 12.1 Å². The number of carbonyl (C=O) groups is 2. The lowest BCUT2D eigenvalue weighted by molar-refractivity contribution is -0.138. The van der Waals surface area contributed by atoms with Crippen molar-refractivity contribution < 1.29 is 23.8 Å². The van der Waals surface area contributed by atoms with Crippen LogP contribution in [-0.2, 0) is 9.59 Å². The lowest BCUT2D eigenvalue weighted by atomic mass is 9.91. The van der Waals surface area contributed by atoms with Crippen molar-refractivity contribution in [2.24, 2.45) is 5.41 Å². The van der Waals surface area contributed by atoms with Gasteiger partial charge in [0.15, 0.2) is 11.5 Å². The first kappa shape index (κ1) is 21.6. The Hall–Kier alpha value is -2.44. The second-order valence-corrected chi connectivity index (χ2v) is 6.46. The molecular formula is C19H30N2O5. The predicted molar refractivity (Wildman–Crippen MR) is 101 cm³/mol. The smallest absolute Gasteiger partial charge is 0.239 e. The highest BCUT2D eigenvalue weighted by Gasteiger charge is 2.36. The highest BCUT2D eigenvalue weighted by molar-refractivity contribution is 6.10. The molecule has 1 aromatic carbocycles. The fraction of sp³-hybridized carbons (Fsp3) is 0.579. The number of carbonyl (C=O) groups excluding carboxylic acids is 2. The third-order valence-corrected chi connectivity index (χ3v) is 4.12. The Labute approximate surface area is 155 Å². The topological polar surface area (TPSA) is 85.9 Å². The van der Waals surface area contributed by atoms with Crippen LogP contribution >= 0.6 is 0 Å². The maximum atomic E-state index is 12.6. The van der Waals surface area contributed by atoms with Crippen molar-refractivity contribution in [2.45, 2.75) is 40.0 Å². The molecule has 0 atom stereocenters. The monoisotopic (exact) mass is 366 g/mol. The predicted octanol–water partition coefficient (Wildman–Crippen LogP) is 2.98. The van der Waals surface area contributed by atoms with Gasteiger partial charge in [0, 0.05) is 24.4 Å². The van der Waals surface area contributed by atoms with Crippen LogP contribution in [0.15, 0.2) is 12.1 Å². The van der Waals surface area contributed by atoms with Gasteiger partial charge in [-0.05, 0) is 20.3 Å². The molecule has 26 heavy (non-hydrogen) atoms. The summed E-state index contributed by atoms with van der Waals surface area (Å²) in [4.78, 5) is 25.0.